The van der Waals surface area contributed by atoms with Crippen LogP contribution in [0.2, 0.25) is 0 Å². The number of nitrogens with zero attached hydrogens (tertiary/aromatic N) is 1. The maximum atomic E-state index is 12.7. The van der Waals surface area contributed by atoms with Crippen molar-refractivity contribution in [3.63, 3.8) is 0 Å². The lowest BCUT2D eigenvalue weighted by molar-refractivity contribution is -0.116. The number of nitrogens with one attached hydrogen (secondary N) is 1. The van der Waals surface area contributed by atoms with Crippen LogP contribution in [0.3, 0.4) is 0 Å². The minimum absolute atomic E-state index is 0.0240. The molecule has 8 nitrogen and oxygen atoms in total. The molecule has 0 radical (unpaired) electrons. The fourth-order valence-electron chi connectivity index (χ4n) is 2.89. The van der Waals surface area contributed by atoms with Crippen molar-refractivity contribution in [2.75, 3.05) is 37.4 Å². The number of hydrogen-bond donors (Lipinski definition) is 1. The Morgan fingerprint density at radius 2 is 2.00 bits per heavy atom. The fraction of sp³-hybridized carbons (Fsp3) is 0.438. The maximum Gasteiger partial charge on any atom is 0.243 e. The molecule has 142 valence electrons. The van der Waals surface area contributed by atoms with Crippen molar-refractivity contribution in [1.82, 2.24) is 4.31 Å². The maximum absolute atomic E-state index is 12.7. The monoisotopic (exact) mass is 400 g/mol. The topological polar surface area (TPSA) is 110 Å². The smallest absolute Gasteiger partial charge is 0.243 e. The Bertz CT molecular complexity index is 918. The number of amides is 1. The number of sulfone groups is 1. The Morgan fingerprint density at radius 3 is 2.65 bits per heavy atom. The lowest BCUT2D eigenvalue weighted by Crippen LogP contribution is -2.40. The number of hydrogen-bond acceptors (Lipinski definition) is 6. The average molecular weight is 400 g/mol. The van der Waals surface area contributed by atoms with Crippen LogP contribution in [0.5, 0.6) is 0 Å². The summed E-state index contributed by atoms with van der Waals surface area (Å²) in [7, 11) is -6.85. The van der Waals surface area contributed by atoms with E-state index in [1.807, 2.05) is 0 Å². The van der Waals surface area contributed by atoms with Crippen LogP contribution in [0.1, 0.15) is 6.42 Å². The first-order valence-electron chi connectivity index (χ1n) is 8.15. The Morgan fingerprint density at radius 1 is 1.27 bits per heavy atom. The van der Waals surface area contributed by atoms with Gasteiger partial charge in [-0.2, -0.15) is 4.31 Å². The number of carbonyl (C=O) groups is 1. The fourth-order valence-corrected chi connectivity index (χ4v) is 5.74. The van der Waals surface area contributed by atoms with Crippen LogP contribution in [0.15, 0.2) is 40.6 Å². The third-order valence-corrected chi connectivity index (χ3v) is 7.54. The molecule has 1 aromatic rings. The molecule has 1 saturated heterocycles. The third-order valence-electron chi connectivity index (χ3n) is 4.18. The third kappa shape index (κ3) is 4.50. The molecule has 0 aliphatic carbocycles. The standard InChI is InChI=1S/C16H20N2O6S2/c19-16(10-13-4-9-25(20,21)12-13)17-14-2-1-3-15(11-14)26(22,23)18-5-7-24-8-6-18/h1-4,9,11,13H,5-8,10,12H2,(H,17,19)/t13-/m0/s1. The number of carbonyl (C=O) groups excluding carboxylic acids is 1. The summed E-state index contributed by atoms with van der Waals surface area (Å²) >= 11 is 0. The van der Waals surface area contributed by atoms with Crippen molar-refractivity contribution >= 4 is 31.5 Å². The molecular weight excluding hydrogens is 380 g/mol. The molecule has 2 aliphatic heterocycles. The first kappa shape index (κ1) is 19.0. The van der Waals surface area contributed by atoms with E-state index in [9.17, 15) is 21.6 Å². The van der Waals surface area contributed by atoms with Gasteiger partial charge in [-0.1, -0.05) is 12.1 Å². The Balaban J connectivity index is 1.67. The Labute approximate surface area is 152 Å². The van der Waals surface area contributed by atoms with Gasteiger partial charge >= 0.3 is 0 Å². The van der Waals surface area contributed by atoms with Crippen molar-refractivity contribution in [2.24, 2.45) is 5.92 Å². The van der Waals surface area contributed by atoms with Gasteiger partial charge in [0.25, 0.3) is 0 Å². The highest BCUT2D eigenvalue weighted by atomic mass is 32.2. The van der Waals surface area contributed by atoms with Gasteiger partial charge in [0.05, 0.1) is 23.9 Å². The second kappa shape index (κ2) is 7.47. The lowest BCUT2D eigenvalue weighted by Gasteiger charge is -2.26. The summed E-state index contributed by atoms with van der Waals surface area (Å²) in [5.41, 5.74) is 0.356. The van der Waals surface area contributed by atoms with E-state index < -0.39 is 19.9 Å². The second-order valence-electron chi connectivity index (χ2n) is 6.21. The molecule has 3 rings (SSSR count). The van der Waals surface area contributed by atoms with Gasteiger partial charge in [0, 0.05) is 36.5 Å². The van der Waals surface area contributed by atoms with Crippen LogP contribution in [0, 0.1) is 5.92 Å². The minimum atomic E-state index is -3.65. The molecular formula is C16H20N2O6S2. The average Bonchev–Trinajstić information content (AvgIpc) is 2.94. The summed E-state index contributed by atoms with van der Waals surface area (Å²) in [6.07, 6.45) is 1.53. The first-order chi connectivity index (χ1) is 12.3. The zero-order valence-corrected chi connectivity index (χ0v) is 15.6. The highest BCUT2D eigenvalue weighted by Crippen LogP contribution is 2.22. The second-order valence-corrected chi connectivity index (χ2v) is 10.1. The SMILES string of the molecule is O=C(C[C@@H]1C=CS(=O)(=O)C1)Nc1cccc(S(=O)(=O)N2CCOCC2)c1. The summed E-state index contributed by atoms with van der Waals surface area (Å²) in [5, 5.41) is 3.76. The summed E-state index contributed by atoms with van der Waals surface area (Å²) in [6.45, 7) is 1.30. The molecule has 1 atom stereocenters. The lowest BCUT2D eigenvalue weighted by atomic mass is 10.1. The molecule has 1 fully saturated rings. The van der Waals surface area contributed by atoms with Gasteiger partial charge in [0.1, 0.15) is 0 Å². The summed E-state index contributed by atoms with van der Waals surface area (Å²) in [5.74, 6) is -0.802. The summed E-state index contributed by atoms with van der Waals surface area (Å²) in [4.78, 5) is 12.2. The Hall–Kier alpha value is -1.75. The molecule has 1 amide bonds. The predicted octanol–water partition coefficient (Wildman–Crippen LogP) is 0.594. The van der Waals surface area contributed by atoms with Crippen LogP contribution in [0.25, 0.3) is 0 Å². The van der Waals surface area contributed by atoms with Gasteiger partial charge in [-0.3, -0.25) is 4.79 Å². The van der Waals surface area contributed by atoms with E-state index in [4.69, 9.17) is 4.74 Å². The molecule has 10 heteroatoms. The Kier molecular flexibility index (Phi) is 5.47. The van der Waals surface area contributed by atoms with E-state index in [1.165, 1.54) is 22.5 Å². The van der Waals surface area contributed by atoms with Crippen LogP contribution < -0.4 is 5.32 Å². The molecule has 0 saturated carbocycles. The molecule has 0 aromatic heterocycles. The van der Waals surface area contributed by atoms with Gasteiger partial charge in [-0.15, -0.1) is 0 Å². The molecule has 0 unspecified atom stereocenters. The van der Waals surface area contributed by atoms with E-state index in [-0.39, 0.29) is 28.9 Å². The van der Waals surface area contributed by atoms with E-state index in [2.05, 4.69) is 5.32 Å². The van der Waals surface area contributed by atoms with Crippen LogP contribution in [0.4, 0.5) is 5.69 Å². The minimum Gasteiger partial charge on any atom is -0.379 e. The van der Waals surface area contributed by atoms with Crippen molar-refractivity contribution in [2.45, 2.75) is 11.3 Å². The zero-order chi connectivity index (χ0) is 18.8. The number of sulfonamides is 1. The van der Waals surface area contributed by atoms with Crippen LogP contribution in [-0.4, -0.2) is 59.1 Å². The van der Waals surface area contributed by atoms with Crippen molar-refractivity contribution < 1.29 is 26.4 Å². The quantitative estimate of drug-likeness (QED) is 0.775. The number of allylic oxidation sites excluding steroid dienone is 1. The molecule has 26 heavy (non-hydrogen) atoms. The van der Waals surface area contributed by atoms with Crippen molar-refractivity contribution in [3.8, 4) is 0 Å². The van der Waals surface area contributed by atoms with Gasteiger partial charge in [0.2, 0.25) is 15.9 Å². The number of rotatable bonds is 5. The van der Waals surface area contributed by atoms with E-state index in [0.29, 0.717) is 32.0 Å². The summed E-state index contributed by atoms with van der Waals surface area (Å²) in [6, 6.07) is 6.04. The molecule has 1 N–H and O–H groups in total. The normalized spacial score (nSPS) is 23.0. The van der Waals surface area contributed by atoms with E-state index in [1.54, 1.807) is 12.1 Å². The molecule has 0 bridgehead atoms. The van der Waals surface area contributed by atoms with Crippen molar-refractivity contribution in [1.29, 1.82) is 0 Å². The largest absolute Gasteiger partial charge is 0.379 e. The molecule has 1 aromatic carbocycles. The molecule has 0 spiro atoms. The zero-order valence-electron chi connectivity index (χ0n) is 14.0. The van der Waals surface area contributed by atoms with E-state index in [0.717, 1.165) is 5.41 Å². The van der Waals surface area contributed by atoms with Gasteiger partial charge < -0.3 is 10.1 Å². The van der Waals surface area contributed by atoms with E-state index >= 15 is 0 Å². The van der Waals surface area contributed by atoms with Gasteiger partial charge in [-0.05, 0) is 18.2 Å². The van der Waals surface area contributed by atoms with Gasteiger partial charge in [0.15, 0.2) is 9.84 Å². The highest BCUT2D eigenvalue weighted by Gasteiger charge is 2.27. The van der Waals surface area contributed by atoms with Gasteiger partial charge in [-0.25, -0.2) is 16.8 Å². The highest BCUT2D eigenvalue weighted by molar-refractivity contribution is 7.94. The molecule has 2 heterocycles. The summed E-state index contributed by atoms with van der Waals surface area (Å²) < 4.78 is 54.6. The number of morpholine rings is 1. The number of ether oxygens (including phenoxy) is 1. The predicted molar refractivity (Wildman–Crippen MR) is 95.7 cm³/mol. The van der Waals surface area contributed by atoms with Crippen LogP contribution in [-0.2, 0) is 29.4 Å². The molecule has 2 aliphatic rings. The number of anilines is 1. The first-order valence-corrected chi connectivity index (χ1v) is 11.3. The van der Waals surface area contributed by atoms with Crippen molar-refractivity contribution in [3.05, 3.63) is 35.7 Å². The number of benzene rings is 1. The van der Waals surface area contributed by atoms with Crippen LogP contribution >= 0.6 is 0 Å².